The van der Waals surface area contributed by atoms with Gasteiger partial charge in [0.2, 0.25) is 0 Å². The molecule has 1 N–H and O–H groups in total. The minimum atomic E-state index is 0.669. The molecule has 1 aromatic heterocycles. The van der Waals surface area contributed by atoms with Crippen molar-refractivity contribution in [3.8, 4) is 5.75 Å². The van der Waals surface area contributed by atoms with Gasteiger partial charge in [-0.25, -0.2) is 0 Å². The summed E-state index contributed by atoms with van der Waals surface area (Å²) in [5, 5.41) is 3.40. The van der Waals surface area contributed by atoms with Crippen molar-refractivity contribution in [1.82, 2.24) is 4.98 Å². The molecule has 5 heteroatoms. The van der Waals surface area contributed by atoms with Gasteiger partial charge in [-0.2, -0.15) is 0 Å². The fraction of sp³-hybridized carbons (Fsp3) is 0.267. The van der Waals surface area contributed by atoms with Crippen LogP contribution in [0, 0.1) is 6.92 Å². The van der Waals surface area contributed by atoms with Crippen LogP contribution in [0.25, 0.3) is 0 Å². The van der Waals surface area contributed by atoms with E-state index in [0.29, 0.717) is 13.2 Å². The predicted molar refractivity (Wildman–Crippen MR) is 89.3 cm³/mol. The average molecular weight is 400 g/mol. The lowest BCUT2D eigenvalue weighted by Gasteiger charge is -2.12. The molecule has 0 aliphatic rings. The average Bonchev–Trinajstić information content (AvgIpc) is 2.40. The van der Waals surface area contributed by atoms with Crippen molar-refractivity contribution in [2.45, 2.75) is 20.4 Å². The first-order valence-electron chi connectivity index (χ1n) is 6.37. The minimum Gasteiger partial charge on any atom is -0.494 e. The number of rotatable bonds is 5. The Hall–Kier alpha value is -1.07. The van der Waals surface area contributed by atoms with Crippen LogP contribution in [-0.2, 0) is 6.54 Å². The molecule has 1 heterocycles. The Labute approximate surface area is 136 Å². The number of ether oxygens (including phenoxy) is 1. The second-order valence-corrected chi connectivity index (χ2v) is 6.12. The Morgan fingerprint density at radius 2 is 2.05 bits per heavy atom. The van der Waals surface area contributed by atoms with E-state index in [4.69, 9.17) is 4.74 Å². The molecule has 0 radical (unpaired) electrons. The molecule has 20 heavy (non-hydrogen) atoms. The molecule has 0 fully saturated rings. The van der Waals surface area contributed by atoms with Gasteiger partial charge in [-0.1, -0.05) is 0 Å². The van der Waals surface area contributed by atoms with Gasteiger partial charge in [-0.3, -0.25) is 4.98 Å². The number of anilines is 1. The summed E-state index contributed by atoms with van der Waals surface area (Å²) in [6, 6.07) is 8.04. The summed E-state index contributed by atoms with van der Waals surface area (Å²) in [5.74, 6) is 0.901. The quantitative estimate of drug-likeness (QED) is 0.774. The number of hydrogen-bond acceptors (Lipinski definition) is 3. The van der Waals surface area contributed by atoms with E-state index in [1.54, 1.807) is 6.20 Å². The molecule has 0 aliphatic heterocycles. The van der Waals surface area contributed by atoms with Crippen LogP contribution in [0.1, 0.15) is 18.2 Å². The number of halogens is 2. The van der Waals surface area contributed by atoms with E-state index >= 15 is 0 Å². The van der Waals surface area contributed by atoms with Crippen LogP contribution < -0.4 is 10.1 Å². The molecule has 2 aromatic rings. The summed E-state index contributed by atoms with van der Waals surface area (Å²) in [5.41, 5.74) is 3.22. The van der Waals surface area contributed by atoms with Gasteiger partial charge in [0, 0.05) is 20.8 Å². The van der Waals surface area contributed by atoms with Gasteiger partial charge in [0.1, 0.15) is 5.75 Å². The Morgan fingerprint density at radius 3 is 2.70 bits per heavy atom. The number of nitrogens with one attached hydrogen (secondary N) is 1. The number of aromatic nitrogens is 1. The fourth-order valence-corrected chi connectivity index (χ4v) is 2.97. The summed E-state index contributed by atoms with van der Waals surface area (Å²) in [6.45, 7) is 5.40. The van der Waals surface area contributed by atoms with E-state index in [1.165, 1.54) is 0 Å². The van der Waals surface area contributed by atoms with Crippen molar-refractivity contribution in [3.63, 3.8) is 0 Å². The number of benzene rings is 1. The van der Waals surface area contributed by atoms with E-state index < -0.39 is 0 Å². The zero-order valence-electron chi connectivity index (χ0n) is 11.4. The Bertz CT molecular complexity index is 602. The topological polar surface area (TPSA) is 34.1 Å². The molecule has 0 aliphatic carbocycles. The molecule has 0 saturated carbocycles. The van der Waals surface area contributed by atoms with Crippen molar-refractivity contribution in [2.75, 3.05) is 11.9 Å². The Morgan fingerprint density at radius 1 is 1.25 bits per heavy atom. The first-order valence-corrected chi connectivity index (χ1v) is 7.96. The fourth-order valence-electron chi connectivity index (χ4n) is 1.84. The predicted octanol–water partition coefficient (Wildman–Crippen LogP) is 4.93. The van der Waals surface area contributed by atoms with Gasteiger partial charge >= 0.3 is 0 Å². The van der Waals surface area contributed by atoms with E-state index in [9.17, 15) is 0 Å². The molecule has 0 atom stereocenters. The molecule has 0 saturated heterocycles. The van der Waals surface area contributed by atoms with Crippen molar-refractivity contribution in [3.05, 3.63) is 50.7 Å². The molecular formula is C15H16Br2N2O. The van der Waals surface area contributed by atoms with E-state index in [0.717, 1.165) is 31.6 Å². The number of aryl methyl sites for hydroxylation is 1. The molecule has 0 bridgehead atoms. The molecule has 106 valence electrons. The zero-order valence-corrected chi connectivity index (χ0v) is 14.6. The lowest BCUT2D eigenvalue weighted by Crippen LogP contribution is -2.04. The van der Waals surface area contributed by atoms with Gasteiger partial charge in [-0.05, 0) is 75.5 Å². The van der Waals surface area contributed by atoms with Crippen LogP contribution in [0.2, 0.25) is 0 Å². The second-order valence-electron chi connectivity index (χ2n) is 4.35. The molecule has 0 unspecified atom stereocenters. The standard InChI is InChI=1S/C15H16Br2N2O/c1-3-20-12-4-5-14(10(2)6-12)19-9-15-13(17)7-11(16)8-18-15/h4-8,19H,3,9H2,1-2H3. The Balaban J connectivity index is 2.07. The normalized spacial score (nSPS) is 10.4. The van der Waals surface area contributed by atoms with Crippen LogP contribution in [-0.4, -0.2) is 11.6 Å². The molecular weight excluding hydrogens is 384 g/mol. The molecule has 3 nitrogen and oxygen atoms in total. The largest absolute Gasteiger partial charge is 0.494 e. The number of pyridine rings is 1. The SMILES string of the molecule is CCOc1ccc(NCc2ncc(Br)cc2Br)c(C)c1. The lowest BCUT2D eigenvalue weighted by atomic mass is 10.2. The third-order valence-electron chi connectivity index (χ3n) is 2.84. The van der Waals surface area contributed by atoms with Gasteiger partial charge in [0.15, 0.2) is 0 Å². The highest BCUT2D eigenvalue weighted by atomic mass is 79.9. The summed E-state index contributed by atoms with van der Waals surface area (Å²) in [7, 11) is 0. The van der Waals surface area contributed by atoms with E-state index in [1.807, 2.05) is 31.2 Å². The highest BCUT2D eigenvalue weighted by molar-refractivity contribution is 9.11. The van der Waals surface area contributed by atoms with Crippen molar-refractivity contribution < 1.29 is 4.74 Å². The third kappa shape index (κ3) is 3.96. The van der Waals surface area contributed by atoms with Crippen LogP contribution in [0.4, 0.5) is 5.69 Å². The molecule has 1 aromatic carbocycles. The highest BCUT2D eigenvalue weighted by Crippen LogP contribution is 2.24. The third-order valence-corrected chi connectivity index (χ3v) is 3.96. The smallest absolute Gasteiger partial charge is 0.119 e. The van der Waals surface area contributed by atoms with Crippen LogP contribution in [0.3, 0.4) is 0 Å². The summed E-state index contributed by atoms with van der Waals surface area (Å²) >= 11 is 6.92. The molecule has 0 spiro atoms. The van der Waals surface area contributed by atoms with E-state index in [2.05, 4.69) is 49.1 Å². The van der Waals surface area contributed by atoms with E-state index in [-0.39, 0.29) is 0 Å². The first-order chi connectivity index (χ1) is 9.60. The van der Waals surface area contributed by atoms with Crippen LogP contribution >= 0.6 is 31.9 Å². The van der Waals surface area contributed by atoms with Gasteiger partial charge in [-0.15, -0.1) is 0 Å². The van der Waals surface area contributed by atoms with Crippen molar-refractivity contribution in [2.24, 2.45) is 0 Å². The Kier molecular flexibility index (Phi) is 5.43. The maximum Gasteiger partial charge on any atom is 0.119 e. The van der Waals surface area contributed by atoms with Gasteiger partial charge in [0.25, 0.3) is 0 Å². The van der Waals surface area contributed by atoms with Crippen LogP contribution in [0.5, 0.6) is 5.75 Å². The minimum absolute atomic E-state index is 0.669. The molecule has 0 amide bonds. The number of nitrogens with zero attached hydrogens (tertiary/aromatic N) is 1. The van der Waals surface area contributed by atoms with Gasteiger partial charge in [0.05, 0.1) is 18.8 Å². The first kappa shape index (κ1) is 15.3. The highest BCUT2D eigenvalue weighted by Gasteiger charge is 2.04. The van der Waals surface area contributed by atoms with Crippen LogP contribution in [0.15, 0.2) is 39.4 Å². The maximum absolute atomic E-state index is 5.48. The number of hydrogen-bond donors (Lipinski definition) is 1. The zero-order chi connectivity index (χ0) is 14.5. The summed E-state index contributed by atoms with van der Waals surface area (Å²) < 4.78 is 7.44. The van der Waals surface area contributed by atoms with Gasteiger partial charge < -0.3 is 10.1 Å². The molecule has 2 rings (SSSR count). The second kappa shape index (κ2) is 7.09. The maximum atomic E-state index is 5.48. The lowest BCUT2D eigenvalue weighted by molar-refractivity contribution is 0.340. The van der Waals surface area contributed by atoms with Crippen molar-refractivity contribution in [1.29, 1.82) is 0 Å². The summed E-state index contributed by atoms with van der Waals surface area (Å²) in [6.07, 6.45) is 1.80. The summed E-state index contributed by atoms with van der Waals surface area (Å²) in [4.78, 5) is 4.39. The van der Waals surface area contributed by atoms with Crippen molar-refractivity contribution >= 4 is 37.5 Å². The monoisotopic (exact) mass is 398 g/mol.